The van der Waals surface area contributed by atoms with Crippen LogP contribution in [0.2, 0.25) is 5.02 Å². The molecule has 2 aromatic carbocycles. The molecule has 0 saturated heterocycles. The van der Waals surface area contributed by atoms with E-state index in [1.807, 2.05) is 6.07 Å². The van der Waals surface area contributed by atoms with Crippen LogP contribution in [-0.4, -0.2) is 26.9 Å². The molecule has 1 amide bonds. The summed E-state index contributed by atoms with van der Waals surface area (Å²) in [5, 5.41) is 3.46. The lowest BCUT2D eigenvalue weighted by molar-refractivity contribution is 0.0951. The van der Waals surface area contributed by atoms with E-state index in [-0.39, 0.29) is 10.8 Å². The van der Waals surface area contributed by atoms with Crippen molar-refractivity contribution in [2.45, 2.75) is 36.6 Å². The first kappa shape index (κ1) is 17.4. The van der Waals surface area contributed by atoms with Gasteiger partial charge in [-0.1, -0.05) is 11.6 Å². The second kappa shape index (κ2) is 6.59. The van der Waals surface area contributed by atoms with Gasteiger partial charge in [-0.15, -0.1) is 0 Å². The lowest BCUT2D eigenvalue weighted by Gasteiger charge is -2.30. The Hall–Kier alpha value is -2.05. The number of benzene rings is 2. The Kier molecular flexibility index (Phi) is 4.40. The Morgan fingerprint density at radius 2 is 1.85 bits per heavy atom. The first-order valence-electron chi connectivity index (χ1n) is 8.67. The highest BCUT2D eigenvalue weighted by molar-refractivity contribution is 7.92. The van der Waals surface area contributed by atoms with Gasteiger partial charge in [-0.2, -0.15) is 0 Å². The maximum atomic E-state index is 13.0. The van der Waals surface area contributed by atoms with E-state index < -0.39 is 10.0 Å². The fourth-order valence-corrected chi connectivity index (χ4v) is 4.85. The molecule has 26 heavy (non-hydrogen) atoms. The molecule has 1 N–H and O–H groups in total. The van der Waals surface area contributed by atoms with Gasteiger partial charge in [0.1, 0.15) is 0 Å². The summed E-state index contributed by atoms with van der Waals surface area (Å²) in [6.45, 7) is 0.422. The molecule has 2 aromatic rings. The van der Waals surface area contributed by atoms with Crippen LogP contribution in [0.3, 0.4) is 0 Å². The van der Waals surface area contributed by atoms with E-state index in [0.717, 1.165) is 24.8 Å². The van der Waals surface area contributed by atoms with Crippen molar-refractivity contribution < 1.29 is 13.2 Å². The lowest BCUT2D eigenvalue weighted by Crippen LogP contribution is -2.35. The van der Waals surface area contributed by atoms with E-state index in [0.29, 0.717) is 35.3 Å². The van der Waals surface area contributed by atoms with Crippen molar-refractivity contribution in [3.63, 3.8) is 0 Å². The van der Waals surface area contributed by atoms with Gasteiger partial charge in [-0.05, 0) is 73.7 Å². The van der Waals surface area contributed by atoms with Crippen molar-refractivity contribution in [3.05, 3.63) is 58.6 Å². The van der Waals surface area contributed by atoms with Gasteiger partial charge in [0.25, 0.3) is 15.9 Å². The van der Waals surface area contributed by atoms with Crippen LogP contribution in [0.25, 0.3) is 0 Å². The Morgan fingerprint density at radius 1 is 1.12 bits per heavy atom. The number of nitrogens with one attached hydrogen (secondary N) is 1. The number of sulfonamides is 1. The first-order chi connectivity index (χ1) is 12.4. The molecule has 0 radical (unpaired) electrons. The SMILES string of the molecule is O=C(NC1CC1)c1ccc2c(c1)CCCN2S(=O)(=O)c1ccc(Cl)cc1. The minimum Gasteiger partial charge on any atom is -0.349 e. The summed E-state index contributed by atoms with van der Waals surface area (Å²) in [6.07, 6.45) is 3.54. The predicted octanol–water partition coefficient (Wildman–Crippen LogP) is 3.37. The maximum Gasteiger partial charge on any atom is 0.264 e. The van der Waals surface area contributed by atoms with Crippen LogP contribution < -0.4 is 9.62 Å². The molecule has 1 aliphatic heterocycles. The van der Waals surface area contributed by atoms with Crippen LogP contribution in [0, 0.1) is 0 Å². The van der Waals surface area contributed by atoms with E-state index in [9.17, 15) is 13.2 Å². The number of carbonyl (C=O) groups excluding carboxylic acids is 1. The van der Waals surface area contributed by atoms with E-state index in [1.165, 1.54) is 16.4 Å². The number of hydrogen-bond donors (Lipinski definition) is 1. The quantitative estimate of drug-likeness (QED) is 0.870. The van der Waals surface area contributed by atoms with Gasteiger partial charge in [0.05, 0.1) is 10.6 Å². The highest BCUT2D eigenvalue weighted by Gasteiger charge is 2.30. The Morgan fingerprint density at radius 3 is 2.54 bits per heavy atom. The molecule has 136 valence electrons. The first-order valence-corrected chi connectivity index (χ1v) is 10.5. The minimum atomic E-state index is -3.66. The normalized spacial score (nSPS) is 16.9. The number of fused-ring (bicyclic) bond motifs is 1. The molecule has 4 rings (SSSR count). The van der Waals surface area contributed by atoms with E-state index >= 15 is 0 Å². The molecule has 5 nitrogen and oxygen atoms in total. The Labute approximate surface area is 158 Å². The molecule has 0 aromatic heterocycles. The van der Waals surface area contributed by atoms with Gasteiger partial charge >= 0.3 is 0 Å². The molecule has 2 aliphatic rings. The van der Waals surface area contributed by atoms with Crippen LogP contribution in [0.15, 0.2) is 47.4 Å². The predicted molar refractivity (Wildman–Crippen MR) is 101 cm³/mol. The monoisotopic (exact) mass is 390 g/mol. The highest BCUT2D eigenvalue weighted by atomic mass is 35.5. The van der Waals surface area contributed by atoms with Crippen molar-refractivity contribution in [1.82, 2.24) is 5.32 Å². The van der Waals surface area contributed by atoms with Gasteiger partial charge in [-0.3, -0.25) is 9.10 Å². The summed E-state index contributed by atoms with van der Waals surface area (Å²) in [7, 11) is -3.66. The second-order valence-electron chi connectivity index (χ2n) is 6.73. The van der Waals surface area contributed by atoms with Gasteiger partial charge < -0.3 is 5.32 Å². The third-order valence-electron chi connectivity index (χ3n) is 4.73. The zero-order chi connectivity index (χ0) is 18.3. The van der Waals surface area contributed by atoms with E-state index in [2.05, 4.69) is 5.32 Å². The van der Waals surface area contributed by atoms with Crippen molar-refractivity contribution in [2.75, 3.05) is 10.8 Å². The summed E-state index contributed by atoms with van der Waals surface area (Å²) in [4.78, 5) is 12.5. The van der Waals surface area contributed by atoms with Gasteiger partial charge in [0.2, 0.25) is 0 Å². The fourth-order valence-electron chi connectivity index (χ4n) is 3.18. The lowest BCUT2D eigenvalue weighted by atomic mass is 10.0. The van der Waals surface area contributed by atoms with Crippen molar-refractivity contribution >= 4 is 33.2 Å². The van der Waals surface area contributed by atoms with E-state index in [4.69, 9.17) is 11.6 Å². The molecule has 1 saturated carbocycles. The molecule has 1 fully saturated rings. The summed E-state index contributed by atoms with van der Waals surface area (Å²) >= 11 is 5.87. The number of nitrogens with zero attached hydrogens (tertiary/aromatic N) is 1. The summed E-state index contributed by atoms with van der Waals surface area (Å²) in [6, 6.07) is 11.7. The number of aryl methyl sites for hydroxylation is 1. The molecule has 1 heterocycles. The minimum absolute atomic E-state index is 0.0898. The van der Waals surface area contributed by atoms with Gasteiger partial charge in [0.15, 0.2) is 0 Å². The number of halogens is 1. The van der Waals surface area contributed by atoms with Gasteiger partial charge in [0, 0.05) is 23.2 Å². The Bertz CT molecular complexity index is 953. The molecule has 0 atom stereocenters. The molecular formula is C19H19ClN2O3S. The van der Waals surface area contributed by atoms with E-state index in [1.54, 1.807) is 24.3 Å². The van der Waals surface area contributed by atoms with Crippen LogP contribution in [0.4, 0.5) is 5.69 Å². The molecule has 1 aliphatic carbocycles. The molecular weight excluding hydrogens is 372 g/mol. The summed E-state index contributed by atoms with van der Waals surface area (Å²) in [5.41, 5.74) is 2.12. The zero-order valence-corrected chi connectivity index (χ0v) is 15.7. The average Bonchev–Trinajstić information content (AvgIpc) is 3.45. The fraction of sp³-hybridized carbons (Fsp3) is 0.316. The molecule has 0 bridgehead atoms. The van der Waals surface area contributed by atoms with Crippen LogP contribution >= 0.6 is 11.6 Å². The number of amides is 1. The topological polar surface area (TPSA) is 66.5 Å². The van der Waals surface area contributed by atoms with Crippen LogP contribution in [0.1, 0.15) is 35.2 Å². The van der Waals surface area contributed by atoms with Gasteiger partial charge in [-0.25, -0.2) is 8.42 Å². The summed E-state index contributed by atoms with van der Waals surface area (Å²) < 4.78 is 27.5. The Balaban J connectivity index is 1.66. The highest BCUT2D eigenvalue weighted by Crippen LogP contribution is 2.33. The van der Waals surface area contributed by atoms with Crippen molar-refractivity contribution in [2.24, 2.45) is 0 Å². The number of anilines is 1. The zero-order valence-electron chi connectivity index (χ0n) is 14.1. The largest absolute Gasteiger partial charge is 0.349 e. The maximum absolute atomic E-state index is 13.0. The number of hydrogen-bond acceptors (Lipinski definition) is 3. The summed E-state index contributed by atoms with van der Waals surface area (Å²) in [5.74, 6) is -0.0898. The third-order valence-corrected chi connectivity index (χ3v) is 6.81. The molecule has 0 spiro atoms. The second-order valence-corrected chi connectivity index (χ2v) is 9.02. The van der Waals surface area contributed by atoms with Crippen LogP contribution in [-0.2, 0) is 16.4 Å². The third kappa shape index (κ3) is 3.31. The molecule has 0 unspecified atom stereocenters. The average molecular weight is 391 g/mol. The molecule has 7 heteroatoms. The standard InChI is InChI=1S/C19H19ClN2O3S/c20-15-4-8-17(9-5-15)26(24,25)22-11-1-2-13-12-14(3-10-18(13)22)19(23)21-16-6-7-16/h3-5,8-10,12,16H,1-2,6-7,11H2,(H,21,23). The number of rotatable bonds is 4. The van der Waals surface area contributed by atoms with Crippen LogP contribution in [0.5, 0.6) is 0 Å². The smallest absolute Gasteiger partial charge is 0.264 e. The number of carbonyl (C=O) groups is 1. The van der Waals surface area contributed by atoms with Crippen molar-refractivity contribution in [1.29, 1.82) is 0 Å². The van der Waals surface area contributed by atoms with Crippen molar-refractivity contribution in [3.8, 4) is 0 Å².